The van der Waals surface area contributed by atoms with Crippen molar-refractivity contribution in [3.8, 4) is 0 Å². The fourth-order valence-electron chi connectivity index (χ4n) is 4.94. The van der Waals surface area contributed by atoms with E-state index in [-0.39, 0.29) is 0 Å². The first kappa shape index (κ1) is 20.1. The molecular formula is C22H40N2O2. The minimum Gasteiger partial charge on any atom is -0.381 e. The molecule has 0 atom stereocenters. The summed E-state index contributed by atoms with van der Waals surface area (Å²) < 4.78 is 5.99. The maximum absolute atomic E-state index is 12.7. The van der Waals surface area contributed by atoms with Crippen molar-refractivity contribution in [2.24, 2.45) is 23.7 Å². The molecule has 2 saturated heterocycles. The Balaban J connectivity index is 1.26. The van der Waals surface area contributed by atoms with Crippen molar-refractivity contribution >= 4 is 5.91 Å². The lowest BCUT2D eigenvalue weighted by molar-refractivity contribution is -0.138. The summed E-state index contributed by atoms with van der Waals surface area (Å²) in [6.45, 7) is 8.58. The van der Waals surface area contributed by atoms with Crippen LogP contribution in [-0.4, -0.2) is 62.1 Å². The average Bonchev–Trinajstić information content (AvgIpc) is 2.67. The van der Waals surface area contributed by atoms with Gasteiger partial charge in [0.15, 0.2) is 0 Å². The molecule has 0 radical (unpaired) electrons. The van der Waals surface area contributed by atoms with E-state index in [0.717, 1.165) is 56.9 Å². The summed E-state index contributed by atoms with van der Waals surface area (Å²) in [7, 11) is 2.21. The van der Waals surface area contributed by atoms with E-state index in [1.54, 1.807) is 0 Å². The highest BCUT2D eigenvalue weighted by molar-refractivity contribution is 5.79. The zero-order chi connectivity index (χ0) is 18.4. The summed E-state index contributed by atoms with van der Waals surface area (Å²) in [6, 6.07) is 0. The van der Waals surface area contributed by atoms with Crippen LogP contribution in [0.2, 0.25) is 0 Å². The lowest BCUT2D eigenvalue weighted by Gasteiger charge is -2.36. The van der Waals surface area contributed by atoms with Crippen LogP contribution in [0.1, 0.15) is 64.7 Å². The fourth-order valence-corrected chi connectivity index (χ4v) is 4.94. The monoisotopic (exact) mass is 364 g/mol. The number of likely N-dealkylation sites (tertiary alicyclic amines) is 2. The summed E-state index contributed by atoms with van der Waals surface area (Å²) in [5, 5.41) is 0. The Hall–Kier alpha value is -0.610. The van der Waals surface area contributed by atoms with Gasteiger partial charge in [0.2, 0.25) is 5.91 Å². The predicted octanol–water partition coefficient (Wildman–Crippen LogP) is 3.80. The predicted molar refractivity (Wildman–Crippen MR) is 106 cm³/mol. The van der Waals surface area contributed by atoms with Crippen molar-refractivity contribution in [1.82, 2.24) is 9.80 Å². The zero-order valence-corrected chi connectivity index (χ0v) is 17.1. The number of carbonyl (C=O) groups is 1. The molecule has 1 aliphatic carbocycles. The molecule has 2 aliphatic heterocycles. The molecule has 3 fully saturated rings. The molecule has 3 rings (SSSR count). The van der Waals surface area contributed by atoms with E-state index >= 15 is 0 Å². The van der Waals surface area contributed by atoms with Crippen molar-refractivity contribution in [2.75, 3.05) is 46.4 Å². The van der Waals surface area contributed by atoms with Crippen molar-refractivity contribution in [1.29, 1.82) is 0 Å². The molecule has 0 N–H and O–H groups in total. The highest BCUT2D eigenvalue weighted by Gasteiger charge is 2.30. The molecule has 0 aromatic carbocycles. The number of hydrogen-bond donors (Lipinski definition) is 0. The Labute approximate surface area is 160 Å². The van der Waals surface area contributed by atoms with Gasteiger partial charge in [0.05, 0.1) is 0 Å². The summed E-state index contributed by atoms with van der Waals surface area (Å²) in [5.41, 5.74) is 0. The Kier molecular flexibility index (Phi) is 7.80. The Bertz CT molecular complexity index is 418. The van der Waals surface area contributed by atoms with E-state index in [2.05, 4.69) is 23.8 Å². The summed E-state index contributed by atoms with van der Waals surface area (Å²) >= 11 is 0. The molecule has 3 aliphatic rings. The summed E-state index contributed by atoms with van der Waals surface area (Å²) in [5.74, 6) is 3.11. The van der Waals surface area contributed by atoms with Crippen LogP contribution in [0, 0.1) is 23.7 Å². The van der Waals surface area contributed by atoms with Crippen molar-refractivity contribution in [3.05, 3.63) is 0 Å². The lowest BCUT2D eigenvalue weighted by atomic mass is 9.82. The Morgan fingerprint density at radius 1 is 0.885 bits per heavy atom. The molecule has 2 heterocycles. The van der Waals surface area contributed by atoms with E-state index in [0.29, 0.717) is 11.8 Å². The maximum atomic E-state index is 12.7. The van der Waals surface area contributed by atoms with Gasteiger partial charge in [-0.25, -0.2) is 0 Å². The third-order valence-electron chi connectivity index (χ3n) is 7.15. The SMILES string of the molecule is CC1CCC(C(=O)N2CCC(CCOCC3CCN(C)CC3)CC2)CC1. The number of amides is 1. The van der Waals surface area contributed by atoms with Crippen LogP contribution in [0.4, 0.5) is 0 Å². The van der Waals surface area contributed by atoms with Crippen LogP contribution in [-0.2, 0) is 9.53 Å². The molecule has 0 unspecified atom stereocenters. The molecule has 1 amide bonds. The van der Waals surface area contributed by atoms with Crippen molar-refractivity contribution < 1.29 is 9.53 Å². The molecule has 0 bridgehead atoms. The molecule has 0 aromatic rings. The van der Waals surface area contributed by atoms with E-state index in [9.17, 15) is 4.79 Å². The average molecular weight is 365 g/mol. The van der Waals surface area contributed by atoms with Gasteiger partial charge in [-0.3, -0.25) is 4.79 Å². The molecule has 26 heavy (non-hydrogen) atoms. The number of ether oxygens (including phenoxy) is 1. The van der Waals surface area contributed by atoms with Gasteiger partial charge in [-0.15, -0.1) is 0 Å². The van der Waals surface area contributed by atoms with Gasteiger partial charge in [-0.1, -0.05) is 6.92 Å². The highest BCUT2D eigenvalue weighted by atomic mass is 16.5. The van der Waals surface area contributed by atoms with Crippen molar-refractivity contribution in [2.45, 2.75) is 64.7 Å². The Morgan fingerprint density at radius 2 is 1.50 bits per heavy atom. The summed E-state index contributed by atoms with van der Waals surface area (Å²) in [6.07, 6.45) is 10.8. The van der Waals surface area contributed by atoms with Crippen LogP contribution in [0.25, 0.3) is 0 Å². The van der Waals surface area contributed by atoms with Crippen LogP contribution in [0.3, 0.4) is 0 Å². The number of hydrogen-bond acceptors (Lipinski definition) is 3. The molecule has 150 valence electrons. The number of carbonyl (C=O) groups excluding carboxylic acids is 1. The molecule has 0 aromatic heterocycles. The topological polar surface area (TPSA) is 32.8 Å². The number of rotatable bonds is 6. The zero-order valence-electron chi connectivity index (χ0n) is 17.1. The van der Waals surface area contributed by atoms with Gasteiger partial charge in [0, 0.05) is 32.2 Å². The molecular weight excluding hydrogens is 324 g/mol. The molecule has 4 heteroatoms. The largest absolute Gasteiger partial charge is 0.381 e. The smallest absolute Gasteiger partial charge is 0.225 e. The standard InChI is InChI=1S/C22H40N2O2/c1-18-3-5-21(6-4-18)22(25)24-14-9-19(10-15-24)11-16-26-17-20-7-12-23(2)13-8-20/h18-21H,3-17H2,1-2H3. The second kappa shape index (κ2) is 10.1. The van der Waals surface area contributed by atoms with Crippen LogP contribution >= 0.6 is 0 Å². The quantitative estimate of drug-likeness (QED) is 0.672. The van der Waals surface area contributed by atoms with Gasteiger partial charge in [-0.05, 0) is 95.7 Å². The first-order valence-corrected chi connectivity index (χ1v) is 11.2. The Morgan fingerprint density at radius 3 is 2.15 bits per heavy atom. The van der Waals surface area contributed by atoms with E-state index in [1.165, 1.54) is 58.0 Å². The van der Waals surface area contributed by atoms with E-state index in [1.807, 2.05) is 0 Å². The lowest BCUT2D eigenvalue weighted by Crippen LogP contribution is -2.42. The minimum absolute atomic E-state index is 0.320. The molecule has 0 spiro atoms. The van der Waals surface area contributed by atoms with E-state index in [4.69, 9.17) is 4.74 Å². The molecule has 4 nitrogen and oxygen atoms in total. The molecule has 1 saturated carbocycles. The highest BCUT2D eigenvalue weighted by Crippen LogP contribution is 2.31. The van der Waals surface area contributed by atoms with Gasteiger partial charge in [-0.2, -0.15) is 0 Å². The third-order valence-corrected chi connectivity index (χ3v) is 7.15. The van der Waals surface area contributed by atoms with Crippen LogP contribution < -0.4 is 0 Å². The maximum Gasteiger partial charge on any atom is 0.225 e. The van der Waals surface area contributed by atoms with Crippen LogP contribution in [0.5, 0.6) is 0 Å². The first-order chi connectivity index (χ1) is 12.6. The van der Waals surface area contributed by atoms with Crippen LogP contribution in [0.15, 0.2) is 0 Å². The number of piperidine rings is 2. The fraction of sp³-hybridized carbons (Fsp3) is 0.955. The van der Waals surface area contributed by atoms with E-state index < -0.39 is 0 Å². The van der Waals surface area contributed by atoms with Gasteiger partial charge in [0.25, 0.3) is 0 Å². The second-order valence-corrected chi connectivity index (χ2v) is 9.34. The van der Waals surface area contributed by atoms with Crippen molar-refractivity contribution in [3.63, 3.8) is 0 Å². The summed E-state index contributed by atoms with van der Waals surface area (Å²) in [4.78, 5) is 17.3. The number of nitrogens with zero attached hydrogens (tertiary/aromatic N) is 2. The normalized spacial score (nSPS) is 29.8. The minimum atomic E-state index is 0.320. The van der Waals surface area contributed by atoms with Gasteiger partial charge >= 0.3 is 0 Å². The van der Waals surface area contributed by atoms with Gasteiger partial charge in [0.1, 0.15) is 0 Å². The first-order valence-electron chi connectivity index (χ1n) is 11.2. The van der Waals surface area contributed by atoms with Gasteiger partial charge < -0.3 is 14.5 Å². The second-order valence-electron chi connectivity index (χ2n) is 9.34. The third kappa shape index (κ3) is 5.95.